The summed E-state index contributed by atoms with van der Waals surface area (Å²) < 4.78 is 5.94. The predicted molar refractivity (Wildman–Crippen MR) is 93.5 cm³/mol. The van der Waals surface area contributed by atoms with Gasteiger partial charge < -0.3 is 4.90 Å². The van der Waals surface area contributed by atoms with Crippen LogP contribution in [0.4, 0.5) is 0 Å². The van der Waals surface area contributed by atoms with Crippen LogP contribution in [0.3, 0.4) is 0 Å². The number of hydrogen-bond donors (Lipinski definition) is 0. The molecule has 1 aliphatic carbocycles. The Morgan fingerprint density at radius 2 is 2.17 bits per heavy atom. The molecule has 122 valence electrons. The molecule has 1 amide bonds. The second-order valence-corrected chi connectivity index (χ2v) is 7.60. The fourth-order valence-corrected chi connectivity index (χ4v) is 4.49. The van der Waals surface area contributed by atoms with Crippen LogP contribution in [0.5, 0.6) is 0 Å². The van der Waals surface area contributed by atoms with Crippen molar-refractivity contribution in [2.24, 2.45) is 0 Å². The van der Waals surface area contributed by atoms with Gasteiger partial charge in [-0.15, -0.1) is 0 Å². The molecule has 2 fully saturated rings. The third-order valence-corrected chi connectivity index (χ3v) is 5.97. The van der Waals surface area contributed by atoms with Crippen molar-refractivity contribution in [3.8, 4) is 0 Å². The molecule has 4 nitrogen and oxygen atoms in total. The Labute approximate surface area is 141 Å². The Bertz CT molecular complexity index is 709. The zero-order valence-corrected chi connectivity index (χ0v) is 14.4. The molecule has 0 unspecified atom stereocenters. The SMILES string of the molecule is CC(=O)N(C[C@H]1CCCN1Cc1nsc2ccccc12)C1CC1. The van der Waals surface area contributed by atoms with E-state index in [2.05, 4.69) is 38.4 Å². The molecule has 1 saturated heterocycles. The Hall–Kier alpha value is -1.46. The first-order chi connectivity index (χ1) is 11.2. The van der Waals surface area contributed by atoms with Gasteiger partial charge in [0, 0.05) is 37.5 Å². The molecule has 1 aromatic carbocycles. The van der Waals surface area contributed by atoms with Gasteiger partial charge in [0.1, 0.15) is 0 Å². The highest BCUT2D eigenvalue weighted by atomic mass is 32.1. The molecule has 2 aromatic rings. The maximum atomic E-state index is 11.9. The highest BCUT2D eigenvalue weighted by molar-refractivity contribution is 7.13. The lowest BCUT2D eigenvalue weighted by Gasteiger charge is -2.30. The lowest BCUT2D eigenvalue weighted by molar-refractivity contribution is -0.130. The summed E-state index contributed by atoms with van der Waals surface area (Å²) in [6.07, 6.45) is 4.79. The molecular formula is C18H23N3OS. The van der Waals surface area contributed by atoms with Gasteiger partial charge >= 0.3 is 0 Å². The number of likely N-dealkylation sites (tertiary alicyclic amines) is 1. The minimum atomic E-state index is 0.235. The summed E-state index contributed by atoms with van der Waals surface area (Å²) >= 11 is 1.59. The molecule has 1 atom stereocenters. The summed E-state index contributed by atoms with van der Waals surface area (Å²) in [6, 6.07) is 9.47. The molecule has 2 heterocycles. The first kappa shape index (κ1) is 15.1. The quantitative estimate of drug-likeness (QED) is 0.845. The largest absolute Gasteiger partial charge is 0.338 e. The van der Waals surface area contributed by atoms with E-state index in [0.717, 1.165) is 19.6 Å². The van der Waals surface area contributed by atoms with E-state index < -0.39 is 0 Å². The Kier molecular flexibility index (Phi) is 4.07. The Morgan fingerprint density at radius 1 is 1.35 bits per heavy atom. The van der Waals surface area contributed by atoms with Crippen molar-refractivity contribution in [2.45, 2.75) is 51.2 Å². The molecule has 5 heteroatoms. The predicted octanol–water partition coefficient (Wildman–Crippen LogP) is 3.27. The van der Waals surface area contributed by atoms with E-state index in [1.54, 1.807) is 18.5 Å². The lowest BCUT2D eigenvalue weighted by Crippen LogP contribution is -2.43. The highest BCUT2D eigenvalue weighted by Crippen LogP contribution is 2.30. The Morgan fingerprint density at radius 3 is 2.96 bits per heavy atom. The second kappa shape index (κ2) is 6.21. The standard InChI is InChI=1S/C18H23N3OS/c1-13(22)21(14-8-9-14)11-15-5-4-10-20(15)12-17-16-6-2-3-7-18(16)23-19-17/h2-3,6-7,14-15H,4-5,8-12H2,1H3/t15-/m1/s1. The third-order valence-electron chi connectivity index (χ3n) is 5.10. The van der Waals surface area contributed by atoms with Crippen LogP contribution < -0.4 is 0 Å². The molecule has 0 spiro atoms. The lowest BCUT2D eigenvalue weighted by atomic mass is 10.1. The van der Waals surface area contributed by atoms with E-state index in [0.29, 0.717) is 12.1 Å². The van der Waals surface area contributed by atoms with Gasteiger partial charge in [0.05, 0.1) is 10.4 Å². The Balaban J connectivity index is 1.48. The maximum absolute atomic E-state index is 11.9. The average molecular weight is 329 g/mol. The molecular weight excluding hydrogens is 306 g/mol. The smallest absolute Gasteiger partial charge is 0.219 e. The monoisotopic (exact) mass is 329 g/mol. The molecule has 1 aliphatic heterocycles. The zero-order valence-electron chi connectivity index (χ0n) is 13.6. The van der Waals surface area contributed by atoms with Crippen LogP contribution in [0.1, 0.15) is 38.3 Å². The summed E-state index contributed by atoms with van der Waals surface area (Å²) in [5, 5.41) is 1.29. The van der Waals surface area contributed by atoms with E-state index >= 15 is 0 Å². The number of benzene rings is 1. The number of carbonyl (C=O) groups is 1. The van der Waals surface area contributed by atoms with Crippen molar-refractivity contribution in [3.05, 3.63) is 30.0 Å². The van der Waals surface area contributed by atoms with Gasteiger partial charge in [0.2, 0.25) is 5.91 Å². The van der Waals surface area contributed by atoms with E-state index in [4.69, 9.17) is 0 Å². The third kappa shape index (κ3) is 3.12. The van der Waals surface area contributed by atoms with Gasteiger partial charge in [-0.1, -0.05) is 18.2 Å². The number of rotatable bonds is 5. The molecule has 0 radical (unpaired) electrons. The van der Waals surface area contributed by atoms with Crippen LogP contribution in [0.2, 0.25) is 0 Å². The number of carbonyl (C=O) groups excluding carboxylic acids is 1. The summed E-state index contributed by atoms with van der Waals surface area (Å²) in [6.45, 7) is 4.63. The number of amides is 1. The van der Waals surface area contributed by atoms with Gasteiger partial charge in [-0.2, -0.15) is 4.37 Å². The average Bonchev–Trinajstić information content (AvgIpc) is 3.16. The number of fused-ring (bicyclic) bond motifs is 1. The highest BCUT2D eigenvalue weighted by Gasteiger charge is 2.35. The van der Waals surface area contributed by atoms with E-state index in [1.165, 1.54) is 41.5 Å². The normalized spacial score (nSPS) is 21.9. The number of aromatic nitrogens is 1. The molecule has 1 saturated carbocycles. The number of nitrogens with zero attached hydrogens (tertiary/aromatic N) is 3. The van der Waals surface area contributed by atoms with Crippen LogP contribution in [0.15, 0.2) is 24.3 Å². The van der Waals surface area contributed by atoms with Crippen molar-refractivity contribution in [1.29, 1.82) is 0 Å². The van der Waals surface area contributed by atoms with Crippen molar-refractivity contribution >= 4 is 27.5 Å². The van der Waals surface area contributed by atoms with Crippen molar-refractivity contribution in [3.63, 3.8) is 0 Å². The van der Waals surface area contributed by atoms with E-state index in [-0.39, 0.29) is 5.91 Å². The van der Waals surface area contributed by atoms with Crippen LogP contribution >= 0.6 is 11.5 Å². The molecule has 2 aliphatic rings. The van der Waals surface area contributed by atoms with E-state index in [1.807, 2.05) is 0 Å². The second-order valence-electron chi connectivity index (χ2n) is 6.79. The minimum absolute atomic E-state index is 0.235. The van der Waals surface area contributed by atoms with Gasteiger partial charge in [0.15, 0.2) is 0 Å². The topological polar surface area (TPSA) is 36.4 Å². The van der Waals surface area contributed by atoms with Crippen LogP contribution in [0, 0.1) is 0 Å². The summed E-state index contributed by atoms with van der Waals surface area (Å²) in [5.41, 5.74) is 1.19. The van der Waals surface area contributed by atoms with Gasteiger partial charge in [-0.3, -0.25) is 9.69 Å². The summed E-state index contributed by atoms with van der Waals surface area (Å²) in [7, 11) is 0. The van der Waals surface area contributed by atoms with Crippen LogP contribution in [0.25, 0.3) is 10.1 Å². The molecule has 1 aromatic heterocycles. The molecule has 0 bridgehead atoms. The first-order valence-electron chi connectivity index (χ1n) is 8.57. The molecule has 23 heavy (non-hydrogen) atoms. The zero-order chi connectivity index (χ0) is 15.8. The van der Waals surface area contributed by atoms with Crippen molar-refractivity contribution in [2.75, 3.05) is 13.1 Å². The van der Waals surface area contributed by atoms with Gasteiger partial charge in [0.25, 0.3) is 0 Å². The van der Waals surface area contributed by atoms with Crippen LogP contribution in [-0.2, 0) is 11.3 Å². The van der Waals surface area contributed by atoms with Gasteiger partial charge in [-0.05, 0) is 49.8 Å². The van der Waals surface area contributed by atoms with Crippen molar-refractivity contribution < 1.29 is 4.79 Å². The van der Waals surface area contributed by atoms with Crippen molar-refractivity contribution in [1.82, 2.24) is 14.2 Å². The first-order valence-corrected chi connectivity index (χ1v) is 9.34. The number of hydrogen-bond acceptors (Lipinski definition) is 4. The van der Waals surface area contributed by atoms with E-state index in [9.17, 15) is 4.79 Å². The maximum Gasteiger partial charge on any atom is 0.219 e. The molecule has 4 rings (SSSR count). The summed E-state index contributed by atoms with van der Waals surface area (Å²) in [4.78, 5) is 16.5. The van der Waals surface area contributed by atoms with Crippen LogP contribution in [-0.4, -0.2) is 45.3 Å². The fraction of sp³-hybridized carbons (Fsp3) is 0.556. The minimum Gasteiger partial charge on any atom is -0.338 e. The summed E-state index contributed by atoms with van der Waals surface area (Å²) in [5.74, 6) is 0.235. The van der Waals surface area contributed by atoms with Gasteiger partial charge in [-0.25, -0.2) is 0 Å². The fourth-order valence-electron chi connectivity index (χ4n) is 3.70. The molecule has 0 N–H and O–H groups in total.